The van der Waals surface area contributed by atoms with Crippen molar-refractivity contribution >= 4 is 11.9 Å². The predicted molar refractivity (Wildman–Crippen MR) is 155 cm³/mol. The van der Waals surface area contributed by atoms with Crippen molar-refractivity contribution in [2.24, 2.45) is 11.8 Å². The van der Waals surface area contributed by atoms with E-state index in [0.717, 1.165) is 11.1 Å². The molecule has 4 rings (SSSR count). The monoisotopic (exact) mass is 620 g/mol. The van der Waals surface area contributed by atoms with Crippen molar-refractivity contribution in [3.63, 3.8) is 0 Å². The molecule has 2 fully saturated rings. The molecule has 4 N–H and O–H groups in total. The Morgan fingerprint density at radius 2 is 1.23 bits per heavy atom. The van der Waals surface area contributed by atoms with Crippen LogP contribution in [0.1, 0.15) is 38.8 Å². The summed E-state index contributed by atoms with van der Waals surface area (Å²) in [5.74, 6) is -0.689. The molecule has 0 aliphatic carbocycles. The molecule has 2 aliphatic rings. The van der Waals surface area contributed by atoms with Gasteiger partial charge in [-0.25, -0.2) is 0 Å². The Hall–Kier alpha value is -2.94. The van der Waals surface area contributed by atoms with Crippen molar-refractivity contribution in [3.8, 4) is 0 Å². The van der Waals surface area contributed by atoms with E-state index in [1.54, 1.807) is 0 Å². The number of aliphatic hydroxyl groups excluding tert-OH is 4. The highest BCUT2D eigenvalue weighted by molar-refractivity contribution is 5.66. The van der Waals surface area contributed by atoms with Gasteiger partial charge < -0.3 is 48.8 Å². The minimum atomic E-state index is -1.41. The first kappa shape index (κ1) is 35.5. The van der Waals surface area contributed by atoms with E-state index in [1.165, 1.54) is 13.8 Å². The van der Waals surface area contributed by atoms with Crippen LogP contribution in [0.3, 0.4) is 0 Å². The third-order valence-corrected chi connectivity index (χ3v) is 7.63. The maximum Gasteiger partial charge on any atom is 0.303 e. The number of carbonyl (C=O) groups is 2. The van der Waals surface area contributed by atoms with Gasteiger partial charge >= 0.3 is 11.9 Å². The Balaban J connectivity index is 0.000000249. The Morgan fingerprint density at radius 1 is 0.705 bits per heavy atom. The first-order chi connectivity index (χ1) is 21.0. The summed E-state index contributed by atoms with van der Waals surface area (Å²) in [5.41, 5.74) is 1.88. The molecule has 2 saturated heterocycles. The minimum absolute atomic E-state index is 0.000943. The smallest absolute Gasteiger partial charge is 0.303 e. The molecule has 2 aromatic rings. The Labute approximate surface area is 257 Å². The summed E-state index contributed by atoms with van der Waals surface area (Å²) in [7, 11) is 0. The summed E-state index contributed by atoms with van der Waals surface area (Å²) in [5, 5.41) is 38.0. The summed E-state index contributed by atoms with van der Waals surface area (Å²) < 4.78 is 33.0. The van der Waals surface area contributed by atoms with Crippen LogP contribution in [0.2, 0.25) is 0 Å². The second-order valence-electron chi connectivity index (χ2n) is 10.9. The molecule has 0 bridgehead atoms. The Morgan fingerprint density at radius 3 is 1.73 bits per heavy atom. The first-order valence-electron chi connectivity index (χ1n) is 14.6. The molecule has 12 nitrogen and oxygen atoms in total. The standard InChI is InChI=1S/C19H26O6.C13H18O6/c1-12-13(2)18(24-15(4)21)19(25-17(12)11-22-14(3)20)23-10-16-8-6-5-7-9-16;14-6-9-10(15)11(16)12(17)13(19-9)18-7-8-4-2-1-3-5-8/h5-9,12-13,17-19H,10-11H2,1-4H3;1-5,9-17H,6-7H2/t12-,13?,17?,18-,19+;9?,10-,11?,12+,13-/m01/s1. The number of aliphatic hydroxyl groups is 4. The van der Waals surface area contributed by atoms with Gasteiger partial charge in [0.2, 0.25) is 0 Å². The van der Waals surface area contributed by atoms with E-state index in [1.807, 2.05) is 74.5 Å². The van der Waals surface area contributed by atoms with Gasteiger partial charge in [0.25, 0.3) is 0 Å². The third kappa shape index (κ3) is 10.3. The molecular weight excluding hydrogens is 576 g/mol. The van der Waals surface area contributed by atoms with Crippen LogP contribution in [0.4, 0.5) is 0 Å². The molecule has 2 heterocycles. The van der Waals surface area contributed by atoms with Gasteiger partial charge in [-0.1, -0.05) is 74.5 Å². The van der Waals surface area contributed by atoms with Crippen molar-refractivity contribution in [2.45, 2.75) is 90.1 Å². The zero-order valence-electron chi connectivity index (χ0n) is 25.4. The van der Waals surface area contributed by atoms with Crippen LogP contribution in [0.15, 0.2) is 60.7 Å². The van der Waals surface area contributed by atoms with Crippen molar-refractivity contribution in [2.75, 3.05) is 13.2 Å². The van der Waals surface area contributed by atoms with Gasteiger partial charge in [0, 0.05) is 19.8 Å². The number of hydrogen-bond acceptors (Lipinski definition) is 12. The van der Waals surface area contributed by atoms with E-state index in [4.69, 9.17) is 33.5 Å². The van der Waals surface area contributed by atoms with Crippen LogP contribution in [-0.2, 0) is 51.2 Å². The van der Waals surface area contributed by atoms with Gasteiger partial charge in [-0.15, -0.1) is 0 Å². The Kier molecular flexibility index (Phi) is 14.2. The van der Waals surface area contributed by atoms with Crippen LogP contribution < -0.4 is 0 Å². The SMILES string of the molecule is CC(=O)OCC1O[C@@H](OCc2ccccc2)[C@@H](OC(C)=O)C(C)[C@@H]1C.OCC1O[C@@H](OCc2ccccc2)[C@@H](O)C(O)[C@@H]1O. The van der Waals surface area contributed by atoms with E-state index >= 15 is 0 Å². The van der Waals surface area contributed by atoms with E-state index in [0.29, 0.717) is 6.61 Å². The summed E-state index contributed by atoms with van der Waals surface area (Å²) >= 11 is 0. The average Bonchev–Trinajstić information content (AvgIpc) is 3.02. The highest BCUT2D eigenvalue weighted by Gasteiger charge is 2.45. The molecule has 0 radical (unpaired) electrons. The maximum atomic E-state index is 11.5. The molecule has 2 aromatic carbocycles. The Bertz CT molecular complexity index is 1130. The lowest BCUT2D eigenvalue weighted by Gasteiger charge is -2.43. The topological polar surface area (TPSA) is 170 Å². The van der Waals surface area contributed by atoms with Crippen molar-refractivity contribution < 1.29 is 58.4 Å². The molecule has 4 unspecified atom stereocenters. The summed E-state index contributed by atoms with van der Waals surface area (Å²) in [6.45, 7) is 6.94. The fraction of sp³-hybridized carbons (Fsp3) is 0.562. The van der Waals surface area contributed by atoms with E-state index < -0.39 is 49.7 Å². The molecular formula is C32H44O12. The lowest BCUT2D eigenvalue weighted by Crippen LogP contribution is -2.59. The second-order valence-corrected chi connectivity index (χ2v) is 10.9. The second kappa shape index (κ2) is 17.5. The molecule has 0 amide bonds. The largest absolute Gasteiger partial charge is 0.463 e. The minimum Gasteiger partial charge on any atom is -0.463 e. The summed E-state index contributed by atoms with van der Waals surface area (Å²) in [6, 6.07) is 19.0. The van der Waals surface area contributed by atoms with E-state index in [2.05, 4.69) is 0 Å². The van der Waals surface area contributed by atoms with Crippen LogP contribution in [0, 0.1) is 11.8 Å². The van der Waals surface area contributed by atoms with Crippen LogP contribution in [-0.4, -0.2) is 94.8 Å². The first-order valence-corrected chi connectivity index (χ1v) is 14.6. The number of esters is 2. The summed E-state index contributed by atoms with van der Waals surface area (Å²) in [6.07, 6.45) is -7.70. The normalized spacial score (nSPS) is 31.7. The van der Waals surface area contributed by atoms with Gasteiger partial charge in [-0.3, -0.25) is 9.59 Å². The molecule has 244 valence electrons. The highest BCUT2D eigenvalue weighted by atomic mass is 16.7. The molecule has 10 atom stereocenters. The van der Waals surface area contributed by atoms with Gasteiger partial charge in [0.05, 0.1) is 25.9 Å². The van der Waals surface area contributed by atoms with E-state index in [9.17, 15) is 24.9 Å². The molecule has 12 heteroatoms. The molecule has 0 aromatic heterocycles. The number of carbonyl (C=O) groups excluding carboxylic acids is 2. The van der Waals surface area contributed by atoms with Crippen molar-refractivity contribution in [3.05, 3.63) is 71.8 Å². The maximum absolute atomic E-state index is 11.5. The number of benzene rings is 2. The molecule has 0 saturated carbocycles. The molecule has 2 aliphatic heterocycles. The lowest BCUT2D eigenvalue weighted by atomic mass is 9.83. The quantitative estimate of drug-likeness (QED) is 0.284. The van der Waals surface area contributed by atoms with E-state index in [-0.39, 0.29) is 43.1 Å². The van der Waals surface area contributed by atoms with Gasteiger partial charge in [-0.2, -0.15) is 0 Å². The van der Waals surface area contributed by atoms with Crippen molar-refractivity contribution in [1.29, 1.82) is 0 Å². The van der Waals surface area contributed by atoms with Gasteiger partial charge in [-0.05, 0) is 17.0 Å². The lowest BCUT2D eigenvalue weighted by molar-refractivity contribution is -0.304. The van der Waals surface area contributed by atoms with Crippen LogP contribution in [0.25, 0.3) is 0 Å². The summed E-state index contributed by atoms with van der Waals surface area (Å²) in [4.78, 5) is 22.6. The zero-order valence-corrected chi connectivity index (χ0v) is 25.4. The highest BCUT2D eigenvalue weighted by Crippen LogP contribution is 2.34. The zero-order chi connectivity index (χ0) is 32.2. The molecule has 44 heavy (non-hydrogen) atoms. The fourth-order valence-electron chi connectivity index (χ4n) is 4.85. The average molecular weight is 621 g/mol. The van der Waals surface area contributed by atoms with Crippen LogP contribution in [0.5, 0.6) is 0 Å². The number of rotatable bonds is 10. The van der Waals surface area contributed by atoms with Gasteiger partial charge in [0.1, 0.15) is 31.0 Å². The van der Waals surface area contributed by atoms with Crippen LogP contribution >= 0.6 is 0 Å². The van der Waals surface area contributed by atoms with Crippen molar-refractivity contribution in [1.82, 2.24) is 0 Å². The number of hydrogen-bond donors (Lipinski definition) is 4. The van der Waals surface area contributed by atoms with Gasteiger partial charge in [0.15, 0.2) is 18.7 Å². The number of ether oxygens (including phenoxy) is 6. The molecule has 0 spiro atoms. The third-order valence-electron chi connectivity index (χ3n) is 7.63. The predicted octanol–water partition coefficient (Wildman–Crippen LogP) is 1.70. The fourth-order valence-corrected chi connectivity index (χ4v) is 4.85.